The smallest absolute Gasteiger partial charge is 0.0745 e. The van der Waals surface area contributed by atoms with Crippen LogP contribution in [0.2, 0.25) is 5.02 Å². The molecule has 0 amide bonds. The molecule has 2 rings (SSSR count). The van der Waals surface area contributed by atoms with Gasteiger partial charge in [0.2, 0.25) is 0 Å². The number of hydrogen-bond donors (Lipinski definition) is 2. The van der Waals surface area contributed by atoms with Crippen LogP contribution in [0.25, 0.3) is 0 Å². The number of nitrogens with one attached hydrogen (secondary N) is 1. The zero-order valence-electron chi connectivity index (χ0n) is 7.61. The number of hydrogen-bond acceptors (Lipinski definition) is 2. The fourth-order valence-electron chi connectivity index (χ4n) is 1.71. The zero-order valence-corrected chi connectivity index (χ0v) is 9.18. The van der Waals surface area contributed by atoms with E-state index in [1.54, 1.807) is 0 Å². The van der Waals surface area contributed by atoms with Crippen LogP contribution in [-0.2, 0) is 0 Å². The first-order chi connectivity index (χ1) is 6.27. The van der Waals surface area contributed by atoms with Crippen molar-refractivity contribution in [1.82, 2.24) is 5.32 Å². The molecule has 2 atom stereocenters. The van der Waals surface area contributed by atoms with Crippen LogP contribution in [0.3, 0.4) is 0 Å². The van der Waals surface area contributed by atoms with Crippen LogP contribution >= 0.6 is 24.0 Å². The van der Waals surface area contributed by atoms with Gasteiger partial charge in [-0.05, 0) is 17.7 Å². The molecule has 1 saturated heterocycles. The Bertz CT molecular complexity index is 289. The van der Waals surface area contributed by atoms with E-state index in [1.807, 2.05) is 24.3 Å². The summed E-state index contributed by atoms with van der Waals surface area (Å²) < 4.78 is 0. The summed E-state index contributed by atoms with van der Waals surface area (Å²) in [7, 11) is 0. The van der Waals surface area contributed by atoms with Crippen molar-refractivity contribution in [3.05, 3.63) is 34.9 Å². The Morgan fingerprint density at radius 1 is 1.21 bits per heavy atom. The maximum atomic E-state index is 9.62. The summed E-state index contributed by atoms with van der Waals surface area (Å²) in [5.74, 6) is 0.220. The monoisotopic (exact) mass is 233 g/mol. The Morgan fingerprint density at radius 3 is 2.36 bits per heavy atom. The minimum Gasteiger partial charge on any atom is -0.391 e. The molecule has 0 unspecified atom stereocenters. The Labute approximate surface area is 94.7 Å². The SMILES string of the molecule is Cl.O[C@@H]1CNC[C@H]1c1ccc(Cl)cc1. The lowest BCUT2D eigenvalue weighted by atomic mass is 9.96. The highest BCUT2D eigenvalue weighted by Gasteiger charge is 2.25. The lowest BCUT2D eigenvalue weighted by molar-refractivity contribution is 0.178. The van der Waals surface area contributed by atoms with E-state index in [-0.39, 0.29) is 24.4 Å². The molecule has 1 heterocycles. The molecule has 78 valence electrons. The van der Waals surface area contributed by atoms with E-state index < -0.39 is 0 Å². The van der Waals surface area contributed by atoms with Gasteiger partial charge in [0.15, 0.2) is 0 Å². The second-order valence-corrected chi connectivity index (χ2v) is 3.82. The van der Waals surface area contributed by atoms with E-state index in [9.17, 15) is 5.11 Å². The van der Waals surface area contributed by atoms with Gasteiger partial charge in [-0.1, -0.05) is 23.7 Å². The molecule has 1 aromatic rings. The van der Waals surface area contributed by atoms with E-state index >= 15 is 0 Å². The fraction of sp³-hybridized carbons (Fsp3) is 0.400. The highest BCUT2D eigenvalue weighted by atomic mass is 35.5. The van der Waals surface area contributed by atoms with Gasteiger partial charge in [-0.2, -0.15) is 0 Å². The van der Waals surface area contributed by atoms with Crippen LogP contribution in [0, 0.1) is 0 Å². The van der Waals surface area contributed by atoms with Crippen molar-refractivity contribution in [3.63, 3.8) is 0 Å². The highest BCUT2D eigenvalue weighted by molar-refractivity contribution is 6.30. The van der Waals surface area contributed by atoms with Crippen molar-refractivity contribution in [2.24, 2.45) is 0 Å². The van der Waals surface area contributed by atoms with E-state index in [4.69, 9.17) is 11.6 Å². The molecule has 1 aliphatic heterocycles. The normalized spacial score (nSPS) is 25.9. The van der Waals surface area contributed by atoms with Crippen LogP contribution in [0.5, 0.6) is 0 Å². The maximum absolute atomic E-state index is 9.62. The average Bonchev–Trinajstić information content (AvgIpc) is 2.53. The number of aliphatic hydroxyl groups excluding tert-OH is 1. The van der Waals surface area contributed by atoms with Crippen LogP contribution in [0.15, 0.2) is 24.3 Å². The molecule has 2 N–H and O–H groups in total. The second kappa shape index (κ2) is 4.99. The largest absolute Gasteiger partial charge is 0.391 e. The lowest BCUT2D eigenvalue weighted by Crippen LogP contribution is -2.15. The third-order valence-corrected chi connectivity index (χ3v) is 2.73. The van der Waals surface area contributed by atoms with Crippen molar-refractivity contribution in [2.45, 2.75) is 12.0 Å². The Balaban J connectivity index is 0.000000980. The van der Waals surface area contributed by atoms with Gasteiger partial charge in [0.1, 0.15) is 0 Å². The van der Waals surface area contributed by atoms with Gasteiger partial charge in [0, 0.05) is 24.0 Å². The van der Waals surface area contributed by atoms with Crippen molar-refractivity contribution >= 4 is 24.0 Å². The summed E-state index contributed by atoms with van der Waals surface area (Å²) in [5.41, 5.74) is 1.15. The Kier molecular flexibility index (Phi) is 4.20. The number of rotatable bonds is 1. The highest BCUT2D eigenvalue weighted by Crippen LogP contribution is 2.23. The molecule has 0 radical (unpaired) electrons. The number of aliphatic hydroxyl groups is 1. The number of benzene rings is 1. The van der Waals surface area contributed by atoms with E-state index in [2.05, 4.69) is 5.32 Å². The van der Waals surface area contributed by atoms with Gasteiger partial charge in [0.25, 0.3) is 0 Å². The van der Waals surface area contributed by atoms with Crippen LogP contribution in [0.1, 0.15) is 11.5 Å². The quantitative estimate of drug-likeness (QED) is 0.776. The molecule has 1 aromatic carbocycles. The molecule has 0 bridgehead atoms. The third kappa shape index (κ3) is 2.39. The minimum atomic E-state index is -0.263. The zero-order chi connectivity index (χ0) is 9.26. The van der Waals surface area contributed by atoms with Gasteiger partial charge in [-0.25, -0.2) is 0 Å². The standard InChI is InChI=1S/C10H12ClNO.ClH/c11-8-3-1-7(2-4-8)9-5-12-6-10(9)13;/h1-4,9-10,12-13H,5-6H2;1H/t9-,10+;/m0./s1. The molecule has 0 saturated carbocycles. The molecular formula is C10H13Cl2NO. The Morgan fingerprint density at radius 2 is 1.86 bits per heavy atom. The van der Waals surface area contributed by atoms with Crippen LogP contribution in [0.4, 0.5) is 0 Å². The molecule has 1 fully saturated rings. The van der Waals surface area contributed by atoms with Gasteiger partial charge in [-0.3, -0.25) is 0 Å². The second-order valence-electron chi connectivity index (χ2n) is 3.38. The molecule has 14 heavy (non-hydrogen) atoms. The van der Waals surface area contributed by atoms with Gasteiger partial charge in [0.05, 0.1) is 6.10 Å². The first-order valence-corrected chi connectivity index (χ1v) is 4.79. The molecule has 4 heteroatoms. The van der Waals surface area contributed by atoms with Gasteiger partial charge < -0.3 is 10.4 Å². The van der Waals surface area contributed by atoms with E-state index in [0.717, 1.165) is 17.1 Å². The summed E-state index contributed by atoms with van der Waals surface area (Å²) in [5, 5.41) is 13.5. The van der Waals surface area contributed by atoms with Gasteiger partial charge >= 0.3 is 0 Å². The summed E-state index contributed by atoms with van der Waals surface area (Å²) in [6.07, 6.45) is -0.263. The maximum Gasteiger partial charge on any atom is 0.0745 e. The molecule has 2 nitrogen and oxygen atoms in total. The van der Waals surface area contributed by atoms with E-state index in [1.165, 1.54) is 0 Å². The van der Waals surface area contributed by atoms with E-state index in [0.29, 0.717) is 6.54 Å². The van der Waals surface area contributed by atoms with Crippen LogP contribution < -0.4 is 5.32 Å². The molecule has 0 spiro atoms. The number of β-amino-alcohol motifs (C(OH)–C–C–N with tert-alkyl or cyclic N) is 1. The van der Waals surface area contributed by atoms with Gasteiger partial charge in [-0.15, -0.1) is 12.4 Å². The molecule has 0 aromatic heterocycles. The third-order valence-electron chi connectivity index (χ3n) is 2.48. The predicted molar refractivity (Wildman–Crippen MR) is 60.3 cm³/mol. The predicted octanol–water partition coefficient (Wildman–Crippen LogP) is 1.81. The van der Waals surface area contributed by atoms with Crippen molar-refractivity contribution in [2.75, 3.05) is 13.1 Å². The minimum absolute atomic E-state index is 0. The summed E-state index contributed by atoms with van der Waals surface area (Å²) in [6, 6.07) is 7.68. The molecule has 0 aliphatic carbocycles. The summed E-state index contributed by atoms with van der Waals surface area (Å²) in [6.45, 7) is 1.54. The topological polar surface area (TPSA) is 32.3 Å². The Hall–Kier alpha value is -0.280. The summed E-state index contributed by atoms with van der Waals surface area (Å²) in [4.78, 5) is 0. The molecular weight excluding hydrogens is 221 g/mol. The van der Waals surface area contributed by atoms with Crippen LogP contribution in [-0.4, -0.2) is 24.3 Å². The summed E-state index contributed by atoms with van der Waals surface area (Å²) >= 11 is 5.78. The lowest BCUT2D eigenvalue weighted by Gasteiger charge is -2.13. The first-order valence-electron chi connectivity index (χ1n) is 4.41. The number of halogens is 2. The average molecular weight is 234 g/mol. The molecule has 1 aliphatic rings. The van der Waals surface area contributed by atoms with Crippen molar-refractivity contribution < 1.29 is 5.11 Å². The first kappa shape index (κ1) is 11.8. The van der Waals surface area contributed by atoms with Crippen molar-refractivity contribution in [1.29, 1.82) is 0 Å². The van der Waals surface area contributed by atoms with Crippen molar-refractivity contribution in [3.8, 4) is 0 Å². The fourth-order valence-corrected chi connectivity index (χ4v) is 1.84.